The van der Waals surface area contributed by atoms with Crippen molar-refractivity contribution in [1.29, 1.82) is 0 Å². The highest BCUT2D eigenvalue weighted by molar-refractivity contribution is 5.81. The van der Waals surface area contributed by atoms with E-state index < -0.39 is 5.97 Å². The Hall–Kier alpha value is -2.29. The number of nitrogen functional groups attached to an aromatic ring is 1. The number of rotatable bonds is 4. The molecule has 0 radical (unpaired) electrons. The highest BCUT2D eigenvalue weighted by atomic mass is 16.4. The van der Waals surface area contributed by atoms with Crippen LogP contribution in [0, 0.1) is 0 Å². The number of hydrogen-bond acceptors (Lipinski definition) is 2. The summed E-state index contributed by atoms with van der Waals surface area (Å²) in [6, 6.07) is 13.7. The predicted octanol–water partition coefficient (Wildman–Crippen LogP) is 3.13. The van der Waals surface area contributed by atoms with Gasteiger partial charge >= 0.3 is 5.97 Å². The zero-order valence-electron chi connectivity index (χ0n) is 10.9. The summed E-state index contributed by atoms with van der Waals surface area (Å²) in [6.45, 7) is 1.99. The molecular weight excluding hydrogens is 238 g/mol. The topological polar surface area (TPSA) is 63.3 Å². The number of anilines is 1. The summed E-state index contributed by atoms with van der Waals surface area (Å²) in [5.74, 6) is -0.832. The molecule has 0 unspecified atom stereocenters. The van der Waals surface area contributed by atoms with Crippen LogP contribution in [0.25, 0.3) is 11.1 Å². The summed E-state index contributed by atoms with van der Waals surface area (Å²) in [6.07, 6.45) is 0.748. The first-order valence-corrected chi connectivity index (χ1v) is 6.31. The van der Waals surface area contributed by atoms with Crippen molar-refractivity contribution >= 4 is 11.7 Å². The quantitative estimate of drug-likeness (QED) is 0.825. The summed E-state index contributed by atoms with van der Waals surface area (Å²) in [7, 11) is 0. The minimum absolute atomic E-state index is 0.0163. The maximum absolute atomic E-state index is 10.9. The van der Waals surface area contributed by atoms with E-state index in [0.29, 0.717) is 5.69 Å². The van der Waals surface area contributed by atoms with Crippen LogP contribution in [0.2, 0.25) is 0 Å². The van der Waals surface area contributed by atoms with Gasteiger partial charge in [0.1, 0.15) is 0 Å². The van der Waals surface area contributed by atoms with Crippen molar-refractivity contribution in [1.82, 2.24) is 0 Å². The molecule has 0 fully saturated rings. The van der Waals surface area contributed by atoms with Gasteiger partial charge in [-0.25, -0.2) is 0 Å². The third kappa shape index (κ3) is 2.76. The van der Waals surface area contributed by atoms with Crippen molar-refractivity contribution < 1.29 is 9.90 Å². The Balaban J connectivity index is 2.52. The van der Waals surface area contributed by atoms with E-state index in [2.05, 4.69) is 0 Å². The number of nitrogens with two attached hydrogens (primary N) is 1. The van der Waals surface area contributed by atoms with Crippen LogP contribution in [-0.4, -0.2) is 11.1 Å². The minimum Gasteiger partial charge on any atom is -0.481 e. The molecule has 0 aliphatic carbocycles. The smallest absolute Gasteiger partial charge is 0.307 e. The maximum atomic E-state index is 10.9. The van der Waals surface area contributed by atoms with Gasteiger partial charge in [0.05, 0.1) is 6.42 Å². The van der Waals surface area contributed by atoms with Crippen molar-refractivity contribution in [2.45, 2.75) is 19.8 Å². The molecule has 0 atom stereocenters. The van der Waals surface area contributed by atoms with Crippen molar-refractivity contribution in [2.75, 3.05) is 5.73 Å². The van der Waals surface area contributed by atoms with Crippen molar-refractivity contribution in [3.8, 4) is 11.1 Å². The second kappa shape index (κ2) is 5.57. The van der Waals surface area contributed by atoms with Crippen LogP contribution in [-0.2, 0) is 17.6 Å². The van der Waals surface area contributed by atoms with Gasteiger partial charge in [0.2, 0.25) is 0 Å². The lowest BCUT2D eigenvalue weighted by Crippen LogP contribution is -2.06. The molecule has 2 aromatic carbocycles. The van der Waals surface area contributed by atoms with Gasteiger partial charge in [0.25, 0.3) is 0 Å². The number of aliphatic carboxylic acids is 1. The van der Waals surface area contributed by atoms with Crippen LogP contribution in [0.1, 0.15) is 18.1 Å². The molecule has 0 saturated heterocycles. The molecule has 0 bridgehead atoms. The first-order chi connectivity index (χ1) is 9.13. The summed E-state index contributed by atoms with van der Waals surface area (Å²) in [5, 5.41) is 8.92. The van der Waals surface area contributed by atoms with E-state index in [9.17, 15) is 4.79 Å². The maximum Gasteiger partial charge on any atom is 0.307 e. The van der Waals surface area contributed by atoms with E-state index in [1.54, 1.807) is 0 Å². The Labute approximate surface area is 112 Å². The zero-order chi connectivity index (χ0) is 13.8. The number of hydrogen-bond donors (Lipinski definition) is 2. The van der Waals surface area contributed by atoms with Crippen molar-refractivity contribution in [3.05, 3.63) is 53.6 Å². The molecule has 0 amide bonds. The second-order valence-corrected chi connectivity index (χ2v) is 4.45. The molecule has 2 rings (SSSR count). The van der Waals surface area contributed by atoms with E-state index in [4.69, 9.17) is 10.8 Å². The Morgan fingerprint density at radius 1 is 1.16 bits per heavy atom. The molecule has 3 heteroatoms. The van der Waals surface area contributed by atoms with Gasteiger partial charge in [-0.05, 0) is 23.1 Å². The predicted molar refractivity (Wildman–Crippen MR) is 77.0 cm³/mol. The Morgan fingerprint density at radius 2 is 1.84 bits per heavy atom. The van der Waals surface area contributed by atoms with Crippen LogP contribution >= 0.6 is 0 Å². The first kappa shape index (κ1) is 13.1. The highest BCUT2D eigenvalue weighted by Gasteiger charge is 2.12. The van der Waals surface area contributed by atoms with Gasteiger partial charge in [0.15, 0.2) is 0 Å². The number of carboxylic acid groups (broad SMARTS) is 1. The molecule has 3 nitrogen and oxygen atoms in total. The van der Waals surface area contributed by atoms with E-state index in [1.165, 1.54) is 0 Å². The zero-order valence-corrected chi connectivity index (χ0v) is 10.9. The Bertz CT molecular complexity index is 591. The summed E-state index contributed by atoms with van der Waals surface area (Å²) in [4.78, 5) is 10.9. The molecule has 3 N–H and O–H groups in total. The van der Waals surface area contributed by atoms with Gasteiger partial charge in [-0.15, -0.1) is 0 Å². The number of benzene rings is 2. The van der Waals surface area contributed by atoms with Crippen LogP contribution in [0.3, 0.4) is 0 Å². The average Bonchev–Trinajstić information content (AvgIpc) is 2.39. The average molecular weight is 255 g/mol. The molecule has 0 saturated carbocycles. The number of carbonyl (C=O) groups is 1. The molecule has 0 aromatic heterocycles. The van der Waals surface area contributed by atoms with Crippen LogP contribution < -0.4 is 5.73 Å². The van der Waals surface area contributed by atoms with Gasteiger partial charge in [-0.3, -0.25) is 4.79 Å². The molecular formula is C16H17NO2. The van der Waals surface area contributed by atoms with E-state index in [-0.39, 0.29) is 6.42 Å². The number of carboxylic acids is 1. The summed E-state index contributed by atoms with van der Waals surface area (Å²) in [5.41, 5.74) is 10.6. The molecule has 0 spiro atoms. The minimum atomic E-state index is -0.832. The fourth-order valence-corrected chi connectivity index (χ4v) is 2.33. The Morgan fingerprint density at radius 3 is 2.42 bits per heavy atom. The van der Waals surface area contributed by atoms with Crippen molar-refractivity contribution in [3.63, 3.8) is 0 Å². The lowest BCUT2D eigenvalue weighted by Gasteiger charge is -2.14. The molecule has 0 aliphatic heterocycles. The lowest BCUT2D eigenvalue weighted by atomic mass is 9.93. The monoisotopic (exact) mass is 255 g/mol. The van der Waals surface area contributed by atoms with Crippen LogP contribution in [0.5, 0.6) is 0 Å². The third-order valence-electron chi connectivity index (χ3n) is 3.23. The van der Waals surface area contributed by atoms with Crippen LogP contribution in [0.15, 0.2) is 42.5 Å². The molecule has 2 aromatic rings. The van der Waals surface area contributed by atoms with Crippen molar-refractivity contribution in [2.24, 2.45) is 0 Å². The fraction of sp³-hybridized carbons (Fsp3) is 0.188. The SMILES string of the molecule is CCc1c(CC(=O)O)ccc(-c2ccccc2)c1N. The van der Waals surface area contributed by atoms with E-state index in [1.807, 2.05) is 49.4 Å². The van der Waals surface area contributed by atoms with Gasteiger partial charge in [0, 0.05) is 11.3 Å². The third-order valence-corrected chi connectivity index (χ3v) is 3.23. The first-order valence-electron chi connectivity index (χ1n) is 6.31. The fourth-order valence-electron chi connectivity index (χ4n) is 2.33. The molecule has 98 valence electrons. The van der Waals surface area contributed by atoms with Gasteiger partial charge in [-0.1, -0.05) is 49.4 Å². The Kier molecular flexibility index (Phi) is 3.85. The van der Waals surface area contributed by atoms with E-state index in [0.717, 1.165) is 28.7 Å². The van der Waals surface area contributed by atoms with Gasteiger partial charge in [-0.2, -0.15) is 0 Å². The highest BCUT2D eigenvalue weighted by Crippen LogP contribution is 2.31. The largest absolute Gasteiger partial charge is 0.481 e. The second-order valence-electron chi connectivity index (χ2n) is 4.45. The van der Waals surface area contributed by atoms with Gasteiger partial charge < -0.3 is 10.8 Å². The molecule has 19 heavy (non-hydrogen) atoms. The lowest BCUT2D eigenvalue weighted by molar-refractivity contribution is -0.136. The molecule has 0 aliphatic rings. The standard InChI is InChI=1S/C16H17NO2/c1-2-13-12(10-15(18)19)8-9-14(16(13)17)11-6-4-3-5-7-11/h3-9H,2,10,17H2,1H3,(H,18,19). The summed E-state index contributed by atoms with van der Waals surface area (Å²) < 4.78 is 0. The van der Waals surface area contributed by atoms with E-state index >= 15 is 0 Å². The summed E-state index contributed by atoms with van der Waals surface area (Å²) >= 11 is 0. The normalized spacial score (nSPS) is 10.4. The van der Waals surface area contributed by atoms with Crippen LogP contribution in [0.4, 0.5) is 5.69 Å². The molecule has 0 heterocycles.